The zero-order chi connectivity index (χ0) is 26.2. The molecule has 0 spiro atoms. The van der Waals surface area contributed by atoms with Gasteiger partial charge in [0.05, 0.1) is 23.8 Å². The number of hydrogen-bond donors (Lipinski definition) is 3. The van der Waals surface area contributed by atoms with Gasteiger partial charge in [0.2, 0.25) is 5.95 Å². The van der Waals surface area contributed by atoms with Crippen LogP contribution in [0.2, 0.25) is 0 Å². The first-order valence-corrected chi connectivity index (χ1v) is 11.7. The normalized spacial score (nSPS) is 16.8. The number of aliphatic hydroxyl groups is 1. The van der Waals surface area contributed by atoms with E-state index in [1.807, 2.05) is 25.1 Å². The number of hydrogen-bond acceptors (Lipinski definition) is 7. The van der Waals surface area contributed by atoms with Crippen LogP contribution in [0.15, 0.2) is 66.7 Å². The van der Waals surface area contributed by atoms with Gasteiger partial charge < -0.3 is 24.5 Å². The number of carbonyl (C=O) groups is 2. The van der Waals surface area contributed by atoms with Gasteiger partial charge in [-0.3, -0.25) is 15.0 Å². The summed E-state index contributed by atoms with van der Waals surface area (Å²) in [4.78, 5) is 36.0. The highest BCUT2D eigenvalue weighted by Gasteiger charge is 2.50. The Kier molecular flexibility index (Phi) is 6.28. The second kappa shape index (κ2) is 9.57. The van der Waals surface area contributed by atoms with E-state index in [0.29, 0.717) is 45.8 Å². The van der Waals surface area contributed by atoms with Crippen LogP contribution < -0.4 is 15.0 Å². The lowest BCUT2D eigenvalue weighted by atomic mass is 9.93. The van der Waals surface area contributed by atoms with E-state index in [2.05, 4.69) is 20.0 Å². The number of anilines is 2. The van der Waals surface area contributed by atoms with Crippen molar-refractivity contribution in [3.63, 3.8) is 0 Å². The smallest absolute Gasteiger partial charge is 0.413 e. The van der Waals surface area contributed by atoms with Crippen molar-refractivity contribution in [3.8, 4) is 5.75 Å². The molecule has 1 unspecified atom stereocenters. The van der Waals surface area contributed by atoms with Crippen LogP contribution in [0.1, 0.15) is 21.5 Å². The van der Waals surface area contributed by atoms with Crippen molar-refractivity contribution in [2.75, 3.05) is 44.6 Å². The minimum absolute atomic E-state index is 0.202. The van der Waals surface area contributed by atoms with Crippen LogP contribution >= 0.6 is 0 Å². The van der Waals surface area contributed by atoms with Gasteiger partial charge in [-0.05, 0) is 44.4 Å². The fourth-order valence-electron chi connectivity index (χ4n) is 4.44. The second-order valence-electron chi connectivity index (χ2n) is 8.94. The molecule has 2 heterocycles. The molecule has 0 aliphatic carbocycles. The zero-order valence-corrected chi connectivity index (χ0v) is 20.7. The molecule has 10 nitrogen and oxygen atoms in total. The maximum atomic E-state index is 13.7. The van der Waals surface area contributed by atoms with E-state index < -0.39 is 11.8 Å². The fraction of sp³-hybridized carbons (Fsp3) is 0.222. The molecule has 3 aromatic carbocycles. The van der Waals surface area contributed by atoms with E-state index >= 15 is 0 Å². The van der Waals surface area contributed by atoms with Gasteiger partial charge in [-0.25, -0.2) is 9.78 Å². The Labute approximate surface area is 213 Å². The Hall–Kier alpha value is -4.41. The molecule has 0 radical (unpaired) electrons. The van der Waals surface area contributed by atoms with Gasteiger partial charge in [0.15, 0.2) is 5.72 Å². The second-order valence-corrected chi connectivity index (χ2v) is 8.94. The molecule has 2 amide bonds. The van der Waals surface area contributed by atoms with Crippen molar-refractivity contribution in [1.29, 1.82) is 0 Å². The Morgan fingerprint density at radius 3 is 2.73 bits per heavy atom. The summed E-state index contributed by atoms with van der Waals surface area (Å²) in [7, 11) is 5.19. The highest BCUT2D eigenvalue weighted by molar-refractivity contribution is 6.12. The lowest BCUT2D eigenvalue weighted by Crippen LogP contribution is -2.45. The number of ether oxygens (including phenoxy) is 2. The average molecular weight is 502 g/mol. The van der Waals surface area contributed by atoms with Crippen molar-refractivity contribution in [2.24, 2.45) is 0 Å². The Bertz CT molecular complexity index is 1480. The summed E-state index contributed by atoms with van der Waals surface area (Å²) in [5, 5.41) is 14.8. The van der Waals surface area contributed by atoms with Crippen LogP contribution in [0, 0.1) is 0 Å². The first kappa shape index (κ1) is 24.3. The lowest BCUT2D eigenvalue weighted by molar-refractivity contribution is 0.0704. The molecular weight excluding hydrogens is 474 g/mol. The summed E-state index contributed by atoms with van der Waals surface area (Å²) in [6.45, 7) is 1.21. The average Bonchev–Trinajstić information content (AvgIpc) is 3.39. The number of fused-ring (bicyclic) bond motifs is 2. The molecule has 3 N–H and O–H groups in total. The van der Waals surface area contributed by atoms with E-state index in [1.165, 1.54) is 12.0 Å². The molecule has 1 aromatic heterocycles. The molecule has 4 aromatic rings. The molecule has 37 heavy (non-hydrogen) atoms. The van der Waals surface area contributed by atoms with E-state index in [4.69, 9.17) is 4.74 Å². The molecule has 0 fully saturated rings. The summed E-state index contributed by atoms with van der Waals surface area (Å²) in [6.07, 6.45) is -0.660. The highest BCUT2D eigenvalue weighted by Crippen LogP contribution is 2.45. The van der Waals surface area contributed by atoms with Gasteiger partial charge in [0.25, 0.3) is 5.91 Å². The molecule has 1 aliphatic rings. The van der Waals surface area contributed by atoms with Crippen LogP contribution in [-0.4, -0.2) is 66.3 Å². The Morgan fingerprint density at radius 1 is 1.14 bits per heavy atom. The zero-order valence-electron chi connectivity index (χ0n) is 20.7. The molecule has 10 heteroatoms. The number of rotatable bonds is 7. The Balaban J connectivity index is 1.58. The molecule has 1 aliphatic heterocycles. The van der Waals surface area contributed by atoms with Gasteiger partial charge in [0.1, 0.15) is 12.4 Å². The van der Waals surface area contributed by atoms with Crippen LogP contribution in [0.5, 0.6) is 5.75 Å². The van der Waals surface area contributed by atoms with Crippen LogP contribution in [0.3, 0.4) is 0 Å². The van der Waals surface area contributed by atoms with E-state index in [-0.39, 0.29) is 11.9 Å². The maximum Gasteiger partial charge on any atom is 0.413 e. The fourth-order valence-corrected chi connectivity index (χ4v) is 4.44. The van der Waals surface area contributed by atoms with E-state index in [9.17, 15) is 14.7 Å². The number of benzene rings is 3. The summed E-state index contributed by atoms with van der Waals surface area (Å²) < 4.78 is 10.5. The predicted molar refractivity (Wildman–Crippen MR) is 139 cm³/mol. The molecule has 0 saturated heterocycles. The minimum atomic E-state index is -1.80. The topological polar surface area (TPSA) is 120 Å². The van der Waals surface area contributed by atoms with Crippen LogP contribution in [0.25, 0.3) is 11.0 Å². The maximum absolute atomic E-state index is 13.7. The largest absolute Gasteiger partial charge is 0.492 e. The molecule has 190 valence electrons. The quantitative estimate of drug-likeness (QED) is 0.354. The summed E-state index contributed by atoms with van der Waals surface area (Å²) in [5.41, 5.74) is 1.14. The van der Waals surface area contributed by atoms with Crippen molar-refractivity contribution in [1.82, 2.24) is 14.9 Å². The van der Waals surface area contributed by atoms with Crippen molar-refractivity contribution >= 4 is 34.7 Å². The SMILES string of the molecule is COC(=O)Nc1nc2ccc(C3(O)c4ccccc4C(=O)N3c3cccc(OCCN(C)C)c3)cc2[nH]1. The van der Waals surface area contributed by atoms with Crippen molar-refractivity contribution < 1.29 is 24.2 Å². The first-order valence-electron chi connectivity index (χ1n) is 11.7. The molecule has 0 saturated carbocycles. The van der Waals surface area contributed by atoms with E-state index in [0.717, 1.165) is 6.54 Å². The third kappa shape index (κ3) is 4.37. The number of amides is 2. The molecular formula is C27H27N5O5. The van der Waals surface area contributed by atoms with Gasteiger partial charge in [-0.15, -0.1) is 0 Å². The van der Waals surface area contributed by atoms with E-state index in [1.54, 1.807) is 60.7 Å². The highest BCUT2D eigenvalue weighted by atomic mass is 16.5. The minimum Gasteiger partial charge on any atom is -0.492 e. The molecule has 1 atom stereocenters. The van der Waals surface area contributed by atoms with Gasteiger partial charge in [0, 0.05) is 29.3 Å². The third-order valence-corrected chi connectivity index (χ3v) is 6.23. The molecule has 0 bridgehead atoms. The number of H-pyrrole nitrogens is 1. The number of likely N-dealkylation sites (N-methyl/N-ethyl adjacent to an activating group) is 1. The lowest BCUT2D eigenvalue weighted by Gasteiger charge is -2.35. The summed E-state index contributed by atoms with van der Waals surface area (Å²) in [5.74, 6) is 0.461. The standard InChI is InChI=1S/C27H27N5O5/c1-31(2)13-14-37-19-8-6-7-18(16-19)32-24(33)20-9-4-5-10-21(20)27(32,35)17-11-12-22-23(15-17)29-25(28-22)30-26(34)36-3/h4-12,15-16,35H,13-14H2,1-3H3,(H2,28,29,30,34). The third-order valence-electron chi connectivity index (χ3n) is 6.23. The number of imidazole rings is 1. The number of aromatic amines is 1. The summed E-state index contributed by atoms with van der Waals surface area (Å²) >= 11 is 0. The van der Waals surface area contributed by atoms with Gasteiger partial charge in [-0.2, -0.15) is 0 Å². The van der Waals surface area contributed by atoms with Crippen LogP contribution in [0.4, 0.5) is 16.4 Å². The number of carbonyl (C=O) groups excluding carboxylic acids is 2. The number of aromatic nitrogens is 2. The summed E-state index contributed by atoms with van der Waals surface area (Å²) in [6, 6.07) is 19.3. The first-order chi connectivity index (χ1) is 17.8. The van der Waals surface area contributed by atoms with Gasteiger partial charge >= 0.3 is 6.09 Å². The number of nitrogens with zero attached hydrogens (tertiary/aromatic N) is 3. The van der Waals surface area contributed by atoms with Gasteiger partial charge in [-0.1, -0.05) is 30.3 Å². The monoisotopic (exact) mass is 501 g/mol. The number of methoxy groups -OCH3 is 1. The Morgan fingerprint density at radius 2 is 1.95 bits per heavy atom. The van der Waals surface area contributed by atoms with Crippen molar-refractivity contribution in [3.05, 3.63) is 83.4 Å². The predicted octanol–water partition coefficient (Wildman–Crippen LogP) is 3.54. The van der Waals surface area contributed by atoms with Crippen molar-refractivity contribution in [2.45, 2.75) is 5.72 Å². The number of nitrogens with one attached hydrogen (secondary N) is 2. The molecule has 5 rings (SSSR count). The van der Waals surface area contributed by atoms with Crippen LogP contribution in [-0.2, 0) is 10.5 Å².